The molecule has 0 saturated carbocycles. The first-order valence-corrected chi connectivity index (χ1v) is 62.9. The van der Waals surface area contributed by atoms with Gasteiger partial charge >= 0.3 is 191 Å². The van der Waals surface area contributed by atoms with E-state index in [0.717, 1.165) is 0 Å². The van der Waals surface area contributed by atoms with Crippen LogP contribution in [0.4, 0.5) is 0 Å². The fourth-order valence-corrected chi connectivity index (χ4v) is 0. The molecular weight excluding hydrogens is 879 g/mol. The van der Waals surface area contributed by atoms with Crippen LogP contribution in [-0.2, 0) is 4.17 Å². The van der Waals surface area contributed by atoms with Crippen molar-refractivity contribution in [1.82, 2.24) is 0 Å². The van der Waals surface area contributed by atoms with Gasteiger partial charge in [0.15, 0.2) is 0 Å². The summed E-state index contributed by atoms with van der Waals surface area (Å²) in [6.45, 7) is 0. The third-order valence-electron chi connectivity index (χ3n) is 0. The van der Waals surface area contributed by atoms with E-state index < -0.39 is 4.17 Å². The van der Waals surface area contributed by atoms with Crippen LogP contribution in [0.5, 0.6) is 0 Å². The van der Waals surface area contributed by atoms with E-state index in [9.17, 15) is 0 Å². The first kappa shape index (κ1) is 20.0. The minimum Gasteiger partial charge on any atom is 1.00 e. The normalized spacial score (nSPS) is 8.57. The van der Waals surface area contributed by atoms with Crippen molar-refractivity contribution in [2.24, 2.45) is 0 Å². The van der Waals surface area contributed by atoms with Crippen molar-refractivity contribution in [2.45, 2.75) is 0 Å². The molecule has 32 valence electrons. The molecule has 0 spiro atoms. The Kier molecular flexibility index (Phi) is 32.9. The summed E-state index contributed by atoms with van der Waals surface area (Å²) in [6, 6.07) is 0. The summed E-state index contributed by atoms with van der Waals surface area (Å²) in [6.07, 6.45) is 0. The molecule has 0 radical (unpaired) electrons. The van der Waals surface area contributed by atoms with Crippen LogP contribution in [0.3, 0.4) is 0 Å². The topological polar surface area (TPSA) is 0 Å². The Morgan fingerprint density at radius 2 is 0.714 bits per heavy atom. The van der Waals surface area contributed by atoms with Gasteiger partial charge in [-0.15, -0.1) is 0 Å². The molecule has 0 unspecified atom stereocenters. The van der Waals surface area contributed by atoms with Crippen molar-refractivity contribution in [3.63, 3.8) is 0 Å². The number of rotatable bonds is 0. The van der Waals surface area contributed by atoms with Crippen LogP contribution >= 0.6 is 70.7 Å². The predicted molar refractivity (Wildman–Crippen MR) is 56.1 cm³/mol. The number of hydrogen-bond acceptors (Lipinski definition) is 0. The summed E-state index contributed by atoms with van der Waals surface area (Å²) in [5, 5.41) is 0. The maximum Gasteiger partial charge on any atom is 1.00 e. The molecule has 0 aromatic rings. The Bertz CT molecular complexity index is 25.2. The monoisotopic (exact) mass is 879 g/mol. The number of halogens is 4. The number of hydrogen-bond donors (Lipinski definition) is 0. The maximum atomic E-state index is 2.57. The van der Waals surface area contributed by atoms with Crippen LogP contribution in [0, 0.1) is 0 Å². The van der Waals surface area contributed by atoms with Gasteiger partial charge in [-0.2, -0.15) is 0 Å². The molecule has 0 rings (SSSR count). The third kappa shape index (κ3) is 31.8. The largest absolute Gasteiger partial charge is 1.00 e. The van der Waals surface area contributed by atoms with Gasteiger partial charge in [0.2, 0.25) is 0 Å². The molecule has 0 amide bonds. The van der Waals surface area contributed by atoms with Gasteiger partial charge in [0, 0.05) is 0 Å². The predicted octanol–water partition coefficient (Wildman–Crippen LogP) is -2.45. The van der Waals surface area contributed by atoms with Gasteiger partial charge in [-0.3, -0.25) is 0 Å². The standard InChI is InChI=1S/Hg.4HI.2Rb/h;4*1H;;/q+2;;;;;2*+1/p-4. The Morgan fingerprint density at radius 1 is 0.714 bits per heavy atom. The van der Waals surface area contributed by atoms with Crippen molar-refractivity contribution >= 4 is 70.7 Å². The molecule has 7 heteroatoms. The van der Waals surface area contributed by atoms with Crippen LogP contribution in [0.1, 0.15) is 0 Å². The fraction of sp³-hybridized carbons (Fsp3) is 0. The molecule has 0 nitrogen and oxygen atoms in total. The zero-order valence-electron chi connectivity index (χ0n) is 4.22. The zero-order valence-corrected chi connectivity index (χ0v) is 28.2. The maximum absolute atomic E-state index is 2.57. The Hall–Kier alpha value is 7.47. The van der Waals surface area contributed by atoms with Crippen molar-refractivity contribution in [3.8, 4) is 0 Å². The van der Waals surface area contributed by atoms with Crippen LogP contribution < -0.4 is 116 Å². The first-order valence-electron chi connectivity index (χ1n) is 1.07. The van der Waals surface area contributed by atoms with Gasteiger partial charge < -0.3 is 0 Å². The second kappa shape index (κ2) is 11.5. The molecule has 0 heterocycles. The summed E-state index contributed by atoms with van der Waals surface area (Å²) in [5.74, 6) is 0. The van der Waals surface area contributed by atoms with Crippen molar-refractivity contribution in [3.05, 3.63) is 0 Å². The molecule has 0 aliphatic rings. The fourth-order valence-electron chi connectivity index (χ4n) is 0. The Balaban J connectivity index is -0.0000000800. The van der Waals surface area contributed by atoms with Crippen LogP contribution in [0.2, 0.25) is 0 Å². The van der Waals surface area contributed by atoms with E-state index in [-0.39, 0.29) is 116 Å². The molecule has 0 aromatic heterocycles. The van der Waals surface area contributed by atoms with Crippen molar-refractivity contribution < 1.29 is 121 Å². The van der Waals surface area contributed by atoms with Crippen LogP contribution in [0.15, 0.2) is 0 Å². The van der Waals surface area contributed by atoms with E-state index in [2.05, 4.69) is 70.7 Å². The third-order valence-corrected chi connectivity index (χ3v) is 0. The minimum absolute atomic E-state index is 0. The van der Waals surface area contributed by atoms with E-state index in [0.29, 0.717) is 0 Å². The van der Waals surface area contributed by atoms with Crippen LogP contribution in [-0.4, -0.2) is 0 Å². The minimum atomic E-state index is -1.51. The zero-order chi connectivity index (χ0) is 4.50. The molecule has 0 atom stereocenters. The van der Waals surface area contributed by atoms with E-state index in [1.807, 2.05) is 0 Å². The second-order valence-electron chi connectivity index (χ2n) is 0.606. The molecule has 0 fully saturated rings. The summed E-state index contributed by atoms with van der Waals surface area (Å²) in [5.41, 5.74) is 0. The second-order valence-corrected chi connectivity index (χ2v) is 239. The summed E-state index contributed by atoms with van der Waals surface area (Å²) < 4.78 is -1.51. The molecule has 0 bridgehead atoms. The molecule has 0 aliphatic carbocycles. The average Bonchev–Trinajstić information content (AvgIpc) is 0.722. The molecule has 0 N–H and O–H groups in total. The molecule has 0 saturated heterocycles. The van der Waals surface area contributed by atoms with Gasteiger partial charge in [0.1, 0.15) is 0 Å². The summed E-state index contributed by atoms with van der Waals surface area (Å²) in [4.78, 5) is 0. The van der Waals surface area contributed by atoms with Gasteiger partial charge in [0.25, 0.3) is 0 Å². The van der Waals surface area contributed by atoms with Gasteiger partial charge in [0.05, 0.1) is 0 Å². The Labute approximate surface area is 182 Å². The van der Waals surface area contributed by atoms with Gasteiger partial charge in [-0.1, -0.05) is 0 Å². The van der Waals surface area contributed by atoms with E-state index in [4.69, 9.17) is 0 Å². The smallest absolute Gasteiger partial charge is 1.00 e. The average molecular weight is 879 g/mol. The van der Waals surface area contributed by atoms with E-state index >= 15 is 0 Å². The molecule has 0 aromatic carbocycles. The molecular formula is HgI4Rb2. The SMILES string of the molecule is [I][Hg-2]([I])([I])[I].[Rb+].[Rb+]. The summed E-state index contributed by atoms with van der Waals surface area (Å²) in [7, 11) is 0. The van der Waals surface area contributed by atoms with Gasteiger partial charge in [-0.05, 0) is 0 Å². The van der Waals surface area contributed by atoms with E-state index in [1.165, 1.54) is 0 Å². The van der Waals surface area contributed by atoms with Crippen molar-refractivity contribution in [1.29, 1.82) is 0 Å². The summed E-state index contributed by atoms with van der Waals surface area (Å²) >= 11 is 10.3. The quantitative estimate of drug-likeness (QED) is 0.188. The van der Waals surface area contributed by atoms with Crippen molar-refractivity contribution in [2.75, 3.05) is 0 Å². The van der Waals surface area contributed by atoms with Crippen LogP contribution in [0.25, 0.3) is 0 Å². The molecule has 0 aliphatic heterocycles. The molecule has 7 heavy (non-hydrogen) atoms. The Morgan fingerprint density at radius 3 is 0.714 bits per heavy atom. The van der Waals surface area contributed by atoms with E-state index in [1.54, 1.807) is 0 Å². The first-order chi connectivity index (χ1) is 2.00. The van der Waals surface area contributed by atoms with Gasteiger partial charge in [-0.25, -0.2) is 0 Å².